The van der Waals surface area contributed by atoms with Crippen LogP contribution in [0.5, 0.6) is 0 Å². The minimum atomic E-state index is -4.44. The average molecular weight is 349 g/mol. The Morgan fingerprint density at radius 2 is 2.00 bits per heavy atom. The van der Waals surface area contributed by atoms with Gasteiger partial charge in [0.15, 0.2) is 0 Å². The molecule has 1 saturated heterocycles. The molecule has 6 nitrogen and oxygen atoms in total. The summed E-state index contributed by atoms with van der Waals surface area (Å²) in [5.41, 5.74) is 0. The minimum Gasteiger partial charge on any atom is -0.317 e. The van der Waals surface area contributed by atoms with Gasteiger partial charge in [0.2, 0.25) is 10.0 Å². The maximum Gasteiger partial charge on any atom is 0.408 e. The molecular weight excluding hydrogens is 333 g/mol. The molecule has 122 valence electrons. The molecule has 1 aromatic rings. The molecule has 2 N–H and O–H groups in total. The first kappa shape index (κ1) is 18.2. The molecule has 2 rings (SSSR count). The number of alkyl halides is 3. The molecule has 0 unspecified atom stereocenters. The van der Waals surface area contributed by atoms with E-state index < -0.39 is 22.7 Å². The summed E-state index contributed by atoms with van der Waals surface area (Å²) < 4.78 is 63.6. The lowest BCUT2D eigenvalue weighted by atomic mass is 10.1. The average Bonchev–Trinajstić information content (AvgIpc) is 2.76. The summed E-state index contributed by atoms with van der Waals surface area (Å²) >= 11 is 0. The lowest BCUT2D eigenvalue weighted by Gasteiger charge is -2.23. The Morgan fingerprint density at radius 3 is 2.57 bits per heavy atom. The van der Waals surface area contributed by atoms with Crippen molar-refractivity contribution in [3.05, 3.63) is 12.4 Å². The summed E-state index contributed by atoms with van der Waals surface area (Å²) in [7, 11) is -3.82. The topological polar surface area (TPSA) is 76.0 Å². The number of rotatable bonds is 4. The Balaban J connectivity index is 0.00000220. The van der Waals surface area contributed by atoms with E-state index in [0.717, 1.165) is 12.4 Å². The summed E-state index contributed by atoms with van der Waals surface area (Å²) in [4.78, 5) is -0.250. The number of piperidine rings is 1. The molecule has 0 spiro atoms. The summed E-state index contributed by atoms with van der Waals surface area (Å²) in [5, 5.41) is 6.52. The van der Waals surface area contributed by atoms with Gasteiger partial charge in [-0.15, -0.1) is 12.4 Å². The monoisotopic (exact) mass is 348 g/mol. The van der Waals surface area contributed by atoms with Crippen LogP contribution in [0.4, 0.5) is 13.2 Å². The lowest BCUT2D eigenvalue weighted by Crippen LogP contribution is -2.42. The van der Waals surface area contributed by atoms with Crippen LogP contribution >= 0.6 is 12.4 Å². The van der Waals surface area contributed by atoms with Gasteiger partial charge in [-0.1, -0.05) is 0 Å². The van der Waals surface area contributed by atoms with Gasteiger partial charge in [-0.25, -0.2) is 13.1 Å². The summed E-state index contributed by atoms with van der Waals surface area (Å²) in [6.45, 7) is 0.108. The largest absolute Gasteiger partial charge is 0.408 e. The fourth-order valence-corrected chi connectivity index (χ4v) is 3.24. The third-order valence-corrected chi connectivity index (χ3v) is 4.40. The Bertz CT molecular complexity index is 555. The molecule has 0 atom stereocenters. The Kier molecular flexibility index (Phi) is 6.02. The first-order chi connectivity index (χ1) is 9.26. The van der Waals surface area contributed by atoms with E-state index in [2.05, 4.69) is 15.1 Å². The second-order valence-electron chi connectivity index (χ2n) is 4.63. The van der Waals surface area contributed by atoms with E-state index in [1.807, 2.05) is 0 Å². The Labute approximate surface area is 126 Å². The molecule has 0 saturated carbocycles. The van der Waals surface area contributed by atoms with Crippen molar-refractivity contribution in [3.63, 3.8) is 0 Å². The van der Waals surface area contributed by atoms with E-state index in [1.54, 1.807) is 0 Å². The van der Waals surface area contributed by atoms with Crippen LogP contribution in [0.1, 0.15) is 12.8 Å². The van der Waals surface area contributed by atoms with Crippen molar-refractivity contribution in [2.24, 2.45) is 0 Å². The highest BCUT2D eigenvalue weighted by atomic mass is 35.5. The van der Waals surface area contributed by atoms with Gasteiger partial charge in [-0.2, -0.15) is 18.3 Å². The fraction of sp³-hybridized carbons (Fsp3) is 0.700. The van der Waals surface area contributed by atoms with Crippen LogP contribution in [-0.2, 0) is 16.6 Å². The molecule has 1 aromatic heterocycles. The van der Waals surface area contributed by atoms with Crippen molar-refractivity contribution < 1.29 is 21.6 Å². The Hall–Kier alpha value is -0.840. The third kappa shape index (κ3) is 5.46. The minimum absolute atomic E-state index is 0. The van der Waals surface area contributed by atoms with Crippen molar-refractivity contribution in [3.8, 4) is 0 Å². The number of hydrogen-bond acceptors (Lipinski definition) is 4. The molecule has 0 aliphatic carbocycles. The number of sulfonamides is 1. The number of halogens is 4. The predicted molar refractivity (Wildman–Crippen MR) is 71.7 cm³/mol. The van der Waals surface area contributed by atoms with Gasteiger partial charge in [0.25, 0.3) is 0 Å². The van der Waals surface area contributed by atoms with E-state index in [1.165, 1.54) is 0 Å². The summed E-state index contributed by atoms with van der Waals surface area (Å²) in [5.74, 6) is 0. The summed E-state index contributed by atoms with van der Waals surface area (Å²) in [6, 6.07) is -0.202. The fourth-order valence-electron chi connectivity index (χ4n) is 1.98. The first-order valence-electron chi connectivity index (χ1n) is 6.08. The molecule has 21 heavy (non-hydrogen) atoms. The van der Waals surface area contributed by atoms with Crippen molar-refractivity contribution in [1.29, 1.82) is 0 Å². The molecule has 2 heterocycles. The zero-order valence-corrected chi connectivity index (χ0v) is 12.6. The van der Waals surface area contributed by atoms with Crippen LogP contribution in [0.3, 0.4) is 0 Å². The number of hydrogen-bond donors (Lipinski definition) is 2. The third-order valence-electron chi connectivity index (χ3n) is 2.92. The van der Waals surface area contributed by atoms with Crippen LogP contribution in [0, 0.1) is 0 Å². The molecule has 0 amide bonds. The molecular formula is C10H16ClF3N4O2S. The second kappa shape index (κ2) is 6.95. The maximum absolute atomic E-state index is 12.2. The predicted octanol–water partition coefficient (Wildman–Crippen LogP) is 0.897. The van der Waals surface area contributed by atoms with Gasteiger partial charge in [0.1, 0.15) is 11.4 Å². The molecule has 0 aromatic carbocycles. The van der Waals surface area contributed by atoms with Crippen LogP contribution in [0.2, 0.25) is 0 Å². The van der Waals surface area contributed by atoms with Crippen molar-refractivity contribution in [2.75, 3.05) is 13.1 Å². The number of aromatic nitrogens is 2. The van der Waals surface area contributed by atoms with Crippen molar-refractivity contribution in [1.82, 2.24) is 19.8 Å². The van der Waals surface area contributed by atoms with Crippen molar-refractivity contribution in [2.45, 2.75) is 36.5 Å². The zero-order chi connectivity index (χ0) is 14.8. The standard InChI is InChI=1S/C10H15F3N4O2S.ClH/c11-10(12,13)7-17-6-9(5-15-17)20(18,19)16-8-1-3-14-4-2-8;/h5-6,8,14,16H,1-4,7H2;1H. The van der Waals surface area contributed by atoms with Crippen LogP contribution in [-0.4, -0.2) is 43.5 Å². The highest BCUT2D eigenvalue weighted by Crippen LogP contribution is 2.18. The highest BCUT2D eigenvalue weighted by Gasteiger charge is 2.29. The maximum atomic E-state index is 12.2. The molecule has 0 radical (unpaired) electrons. The lowest BCUT2D eigenvalue weighted by molar-refractivity contribution is -0.142. The highest BCUT2D eigenvalue weighted by molar-refractivity contribution is 7.89. The zero-order valence-electron chi connectivity index (χ0n) is 10.9. The normalized spacial score (nSPS) is 17.5. The van der Waals surface area contributed by atoms with Gasteiger partial charge < -0.3 is 5.32 Å². The quantitative estimate of drug-likeness (QED) is 0.847. The van der Waals surface area contributed by atoms with Gasteiger partial charge >= 0.3 is 6.18 Å². The molecule has 0 bridgehead atoms. The van der Waals surface area contributed by atoms with E-state index >= 15 is 0 Å². The van der Waals surface area contributed by atoms with Crippen molar-refractivity contribution >= 4 is 22.4 Å². The van der Waals surface area contributed by atoms with Crippen LogP contribution < -0.4 is 10.0 Å². The number of nitrogens with zero attached hydrogens (tertiary/aromatic N) is 2. The smallest absolute Gasteiger partial charge is 0.317 e. The second-order valence-corrected chi connectivity index (χ2v) is 6.35. The van der Waals surface area contributed by atoms with E-state index in [-0.39, 0.29) is 23.3 Å². The van der Waals surface area contributed by atoms with Gasteiger partial charge in [0, 0.05) is 12.2 Å². The molecule has 1 fully saturated rings. The van der Waals surface area contributed by atoms with Crippen LogP contribution in [0.25, 0.3) is 0 Å². The Morgan fingerprint density at radius 1 is 1.38 bits per heavy atom. The van der Waals surface area contributed by atoms with E-state index in [9.17, 15) is 21.6 Å². The van der Waals surface area contributed by atoms with Crippen LogP contribution in [0.15, 0.2) is 17.3 Å². The van der Waals surface area contributed by atoms with Gasteiger partial charge in [-0.05, 0) is 25.9 Å². The number of nitrogens with one attached hydrogen (secondary N) is 2. The van der Waals surface area contributed by atoms with Gasteiger partial charge in [-0.3, -0.25) is 4.68 Å². The SMILES string of the molecule is Cl.O=S(=O)(NC1CCNCC1)c1cnn(CC(F)(F)F)c1. The molecule has 1 aliphatic heterocycles. The van der Waals surface area contributed by atoms with Gasteiger partial charge in [0.05, 0.1) is 6.20 Å². The summed E-state index contributed by atoms with van der Waals surface area (Å²) in [6.07, 6.45) is -1.33. The first-order valence-corrected chi connectivity index (χ1v) is 7.57. The van der Waals surface area contributed by atoms with E-state index in [4.69, 9.17) is 0 Å². The molecule has 1 aliphatic rings. The molecule has 11 heteroatoms. The van der Waals surface area contributed by atoms with E-state index in [0.29, 0.717) is 30.6 Å².